The van der Waals surface area contributed by atoms with E-state index in [1.54, 1.807) is 0 Å². The molecule has 76 valence electrons. The fraction of sp³-hybridized carbons (Fsp3) is 0.500. The fourth-order valence-corrected chi connectivity index (χ4v) is 2.44. The molecule has 1 unspecified atom stereocenters. The molecule has 2 rings (SSSR count). The third-order valence-corrected chi connectivity index (χ3v) is 3.49. The van der Waals surface area contributed by atoms with Crippen LogP contribution in [0.15, 0.2) is 18.2 Å². The molecule has 0 radical (unpaired) electrons. The van der Waals surface area contributed by atoms with E-state index in [-0.39, 0.29) is 5.41 Å². The minimum atomic E-state index is 0.285. The molecule has 1 aromatic rings. The second-order valence-corrected chi connectivity index (χ2v) is 5.09. The van der Waals surface area contributed by atoms with Crippen molar-refractivity contribution in [3.05, 3.63) is 34.9 Å². The van der Waals surface area contributed by atoms with Crippen molar-refractivity contribution in [1.29, 1.82) is 0 Å². The van der Waals surface area contributed by atoms with E-state index in [2.05, 4.69) is 46.6 Å². The van der Waals surface area contributed by atoms with Crippen molar-refractivity contribution in [2.24, 2.45) is 0 Å². The van der Waals surface area contributed by atoms with Crippen LogP contribution in [0.25, 0.3) is 0 Å². The molecule has 0 spiro atoms. The van der Waals surface area contributed by atoms with Gasteiger partial charge in [0.25, 0.3) is 0 Å². The van der Waals surface area contributed by atoms with E-state index in [1.807, 2.05) is 0 Å². The highest BCUT2D eigenvalue weighted by Crippen LogP contribution is 2.30. The maximum absolute atomic E-state index is 3.48. The van der Waals surface area contributed by atoms with Crippen LogP contribution in [0.5, 0.6) is 0 Å². The molecule has 0 aromatic heterocycles. The van der Waals surface area contributed by atoms with Gasteiger partial charge in [0, 0.05) is 18.5 Å². The van der Waals surface area contributed by atoms with Crippen LogP contribution in [-0.4, -0.2) is 6.54 Å². The van der Waals surface area contributed by atoms with Gasteiger partial charge in [-0.15, -0.1) is 9.24 Å². The highest BCUT2D eigenvalue weighted by Gasteiger charge is 2.26. The summed E-state index contributed by atoms with van der Waals surface area (Å²) in [5.74, 6) is 0. The van der Waals surface area contributed by atoms with E-state index >= 15 is 0 Å². The molecule has 1 N–H and O–H groups in total. The van der Waals surface area contributed by atoms with Crippen molar-refractivity contribution >= 4 is 9.24 Å². The Bertz CT molecular complexity index is 344. The van der Waals surface area contributed by atoms with Gasteiger partial charge in [-0.1, -0.05) is 32.0 Å². The molecule has 1 aromatic carbocycles. The lowest BCUT2D eigenvalue weighted by molar-refractivity contribution is 0.435. The van der Waals surface area contributed by atoms with Gasteiger partial charge in [-0.2, -0.15) is 0 Å². The maximum Gasteiger partial charge on any atom is 0.0208 e. The van der Waals surface area contributed by atoms with Crippen molar-refractivity contribution in [3.63, 3.8) is 0 Å². The van der Waals surface area contributed by atoms with E-state index in [9.17, 15) is 0 Å². The minimum absolute atomic E-state index is 0.285. The first-order chi connectivity index (χ1) is 6.63. The van der Waals surface area contributed by atoms with Crippen molar-refractivity contribution in [1.82, 2.24) is 5.32 Å². The summed E-state index contributed by atoms with van der Waals surface area (Å²) in [6.45, 7) is 6.72. The van der Waals surface area contributed by atoms with E-state index < -0.39 is 0 Å². The van der Waals surface area contributed by atoms with Crippen molar-refractivity contribution in [2.75, 3.05) is 6.54 Å². The van der Waals surface area contributed by atoms with Gasteiger partial charge in [0.05, 0.1) is 0 Å². The number of hydrogen-bond donors (Lipinski definition) is 1. The molecule has 1 heterocycles. The average molecular weight is 207 g/mol. The molecule has 0 saturated heterocycles. The summed E-state index contributed by atoms with van der Waals surface area (Å²) in [6.07, 6.45) is 1.05. The molecule has 0 fully saturated rings. The molecule has 1 nitrogen and oxygen atoms in total. The second-order valence-electron chi connectivity index (χ2n) is 4.68. The predicted molar refractivity (Wildman–Crippen MR) is 64.6 cm³/mol. The molecular weight excluding hydrogens is 189 g/mol. The standard InChI is InChI=1S/C12H18NP/c1-12(2)8-13-6-10-5-9(7-14)3-4-11(10)12/h3-5,13H,6-8,14H2,1-2H3. The third-order valence-electron chi connectivity index (χ3n) is 3.02. The van der Waals surface area contributed by atoms with Crippen LogP contribution in [0.3, 0.4) is 0 Å². The molecule has 14 heavy (non-hydrogen) atoms. The molecule has 1 aliphatic heterocycles. The van der Waals surface area contributed by atoms with Gasteiger partial charge < -0.3 is 5.32 Å². The molecule has 1 atom stereocenters. The molecular formula is C12H18NP. The summed E-state index contributed by atoms with van der Waals surface area (Å²) in [5, 5.41) is 3.48. The Balaban J connectivity index is 2.46. The van der Waals surface area contributed by atoms with Crippen LogP contribution in [-0.2, 0) is 18.1 Å². The highest BCUT2D eigenvalue weighted by molar-refractivity contribution is 7.15. The first kappa shape index (κ1) is 10.1. The molecule has 0 amide bonds. The highest BCUT2D eigenvalue weighted by atomic mass is 31.0. The van der Waals surface area contributed by atoms with Crippen molar-refractivity contribution in [2.45, 2.75) is 32.0 Å². The first-order valence-electron chi connectivity index (χ1n) is 5.16. The van der Waals surface area contributed by atoms with Gasteiger partial charge in [0.1, 0.15) is 0 Å². The van der Waals surface area contributed by atoms with Crippen LogP contribution in [0, 0.1) is 0 Å². The van der Waals surface area contributed by atoms with Crippen LogP contribution in [0.2, 0.25) is 0 Å². The molecule has 2 heteroatoms. The fourth-order valence-electron chi connectivity index (χ4n) is 2.19. The normalized spacial score (nSPS) is 19.1. The van der Waals surface area contributed by atoms with Crippen LogP contribution >= 0.6 is 9.24 Å². The van der Waals surface area contributed by atoms with Gasteiger partial charge in [0.2, 0.25) is 0 Å². The maximum atomic E-state index is 3.48. The third kappa shape index (κ3) is 1.71. The average Bonchev–Trinajstić information content (AvgIpc) is 2.16. The Morgan fingerprint density at radius 1 is 1.43 bits per heavy atom. The number of fused-ring (bicyclic) bond motifs is 1. The topological polar surface area (TPSA) is 12.0 Å². The number of hydrogen-bond acceptors (Lipinski definition) is 1. The molecule has 0 aliphatic carbocycles. The summed E-state index contributed by atoms with van der Waals surface area (Å²) in [5.41, 5.74) is 4.68. The largest absolute Gasteiger partial charge is 0.312 e. The van der Waals surface area contributed by atoms with Crippen LogP contribution in [0.4, 0.5) is 0 Å². The molecule has 0 bridgehead atoms. The van der Waals surface area contributed by atoms with Crippen LogP contribution < -0.4 is 5.32 Å². The van der Waals surface area contributed by atoms with Crippen molar-refractivity contribution in [3.8, 4) is 0 Å². The van der Waals surface area contributed by atoms with Gasteiger partial charge in [-0.25, -0.2) is 0 Å². The van der Waals surface area contributed by atoms with Gasteiger partial charge in [0.15, 0.2) is 0 Å². The summed E-state index contributed by atoms with van der Waals surface area (Å²) in [4.78, 5) is 0. The Morgan fingerprint density at radius 2 is 2.21 bits per heavy atom. The van der Waals surface area contributed by atoms with Crippen LogP contribution in [0.1, 0.15) is 30.5 Å². The molecule has 1 aliphatic rings. The Morgan fingerprint density at radius 3 is 2.93 bits per heavy atom. The van der Waals surface area contributed by atoms with E-state index in [0.717, 1.165) is 19.3 Å². The quantitative estimate of drug-likeness (QED) is 0.697. The first-order valence-corrected chi connectivity index (χ1v) is 5.98. The number of rotatable bonds is 1. The van der Waals surface area contributed by atoms with Gasteiger partial charge in [-0.3, -0.25) is 0 Å². The lowest BCUT2D eigenvalue weighted by Gasteiger charge is -2.33. The van der Waals surface area contributed by atoms with E-state index in [0.29, 0.717) is 0 Å². The zero-order valence-electron chi connectivity index (χ0n) is 8.93. The SMILES string of the molecule is CC1(C)CNCc2cc(CP)ccc21. The Hall–Kier alpha value is -0.390. The zero-order chi connectivity index (χ0) is 10.2. The van der Waals surface area contributed by atoms with Gasteiger partial charge in [-0.05, 0) is 22.9 Å². The lowest BCUT2D eigenvalue weighted by Crippen LogP contribution is -2.38. The monoisotopic (exact) mass is 207 g/mol. The summed E-state index contributed by atoms with van der Waals surface area (Å²) < 4.78 is 0. The van der Waals surface area contributed by atoms with Crippen molar-refractivity contribution < 1.29 is 0 Å². The smallest absolute Gasteiger partial charge is 0.0208 e. The van der Waals surface area contributed by atoms with Gasteiger partial charge >= 0.3 is 0 Å². The second kappa shape index (κ2) is 3.64. The summed E-state index contributed by atoms with van der Waals surface area (Å²) in [6, 6.07) is 6.88. The minimum Gasteiger partial charge on any atom is -0.312 e. The number of benzene rings is 1. The molecule has 0 saturated carbocycles. The Labute approximate surface area is 88.5 Å². The zero-order valence-corrected chi connectivity index (χ0v) is 10.1. The lowest BCUT2D eigenvalue weighted by atomic mass is 9.79. The van der Waals surface area contributed by atoms with E-state index in [4.69, 9.17) is 0 Å². The Kier molecular flexibility index (Phi) is 2.64. The van der Waals surface area contributed by atoms with E-state index in [1.165, 1.54) is 16.7 Å². The summed E-state index contributed by atoms with van der Waals surface area (Å²) in [7, 11) is 2.78. The summed E-state index contributed by atoms with van der Waals surface area (Å²) >= 11 is 0. The number of nitrogens with one attached hydrogen (secondary N) is 1. The predicted octanol–water partition coefficient (Wildman–Crippen LogP) is 2.44.